The molecular formula is C12H12N2. The highest BCUT2D eigenvalue weighted by Crippen LogP contribution is 2.30. The van der Waals surface area contributed by atoms with Gasteiger partial charge in [-0.1, -0.05) is 37.3 Å². The van der Waals surface area contributed by atoms with Gasteiger partial charge >= 0.3 is 0 Å². The molecule has 2 heteroatoms. The van der Waals surface area contributed by atoms with Crippen LogP contribution in [-0.2, 0) is 5.41 Å². The van der Waals surface area contributed by atoms with Gasteiger partial charge in [0, 0.05) is 18.3 Å². The predicted molar refractivity (Wildman–Crippen MR) is 54.3 cm³/mol. The summed E-state index contributed by atoms with van der Waals surface area (Å²) in [5.74, 6) is 0. The molecule has 0 amide bonds. The van der Waals surface area contributed by atoms with Gasteiger partial charge in [-0.15, -0.1) is 0 Å². The zero-order chi connectivity index (χ0) is 10.4. The summed E-state index contributed by atoms with van der Waals surface area (Å²) < 4.78 is 0. The first-order valence-electron chi connectivity index (χ1n) is 4.52. The normalized spacial score (nSPS) is 10.2. The van der Waals surface area contributed by atoms with Crippen LogP contribution < -0.4 is 0 Å². The van der Waals surface area contributed by atoms with Crippen LogP contribution in [0, 0.1) is 22.7 Å². The fraction of sp³-hybridized carbons (Fsp3) is 0.333. The van der Waals surface area contributed by atoms with E-state index >= 15 is 0 Å². The zero-order valence-electron chi connectivity index (χ0n) is 8.20. The van der Waals surface area contributed by atoms with Gasteiger partial charge in [0.1, 0.15) is 0 Å². The van der Waals surface area contributed by atoms with Gasteiger partial charge in [0.15, 0.2) is 0 Å². The van der Waals surface area contributed by atoms with Crippen LogP contribution in [0.1, 0.15) is 25.3 Å². The Morgan fingerprint density at radius 1 is 1.07 bits per heavy atom. The van der Waals surface area contributed by atoms with Crippen molar-refractivity contribution in [2.75, 3.05) is 0 Å². The van der Waals surface area contributed by atoms with Crippen molar-refractivity contribution >= 4 is 0 Å². The second-order valence-corrected chi connectivity index (χ2v) is 3.60. The van der Waals surface area contributed by atoms with Crippen molar-refractivity contribution in [1.82, 2.24) is 0 Å². The lowest BCUT2D eigenvalue weighted by Gasteiger charge is -2.24. The maximum Gasteiger partial charge on any atom is 0.0631 e. The number of hydrogen-bond donors (Lipinski definition) is 0. The summed E-state index contributed by atoms with van der Waals surface area (Å²) in [5.41, 5.74) is 0.730. The number of benzene rings is 1. The molecule has 1 aromatic rings. The number of nitrogens with zero attached hydrogens (tertiary/aromatic N) is 2. The molecule has 0 aliphatic rings. The second-order valence-electron chi connectivity index (χ2n) is 3.60. The average molecular weight is 184 g/mol. The third-order valence-electron chi connectivity index (χ3n) is 2.41. The summed E-state index contributed by atoms with van der Waals surface area (Å²) in [6.07, 6.45) is 0.759. The molecule has 0 N–H and O–H groups in total. The van der Waals surface area contributed by atoms with E-state index in [4.69, 9.17) is 10.5 Å². The molecule has 0 aliphatic carbocycles. The summed E-state index contributed by atoms with van der Waals surface area (Å²) in [4.78, 5) is 0. The molecular weight excluding hydrogens is 172 g/mol. The van der Waals surface area contributed by atoms with Crippen LogP contribution in [0.15, 0.2) is 30.3 Å². The van der Waals surface area contributed by atoms with Gasteiger partial charge < -0.3 is 0 Å². The van der Waals surface area contributed by atoms with E-state index in [-0.39, 0.29) is 5.41 Å². The molecule has 0 aromatic heterocycles. The molecule has 0 unspecified atom stereocenters. The van der Waals surface area contributed by atoms with Crippen LogP contribution in [0.4, 0.5) is 0 Å². The van der Waals surface area contributed by atoms with E-state index in [1.54, 1.807) is 0 Å². The molecule has 0 saturated heterocycles. The zero-order valence-corrected chi connectivity index (χ0v) is 8.20. The quantitative estimate of drug-likeness (QED) is 0.725. The van der Waals surface area contributed by atoms with E-state index < -0.39 is 0 Å². The van der Waals surface area contributed by atoms with Gasteiger partial charge in [0.05, 0.1) is 12.1 Å². The van der Waals surface area contributed by atoms with Crippen molar-refractivity contribution in [1.29, 1.82) is 10.5 Å². The van der Waals surface area contributed by atoms with E-state index in [0.29, 0.717) is 12.8 Å². The highest BCUT2D eigenvalue weighted by molar-refractivity contribution is 5.27. The molecule has 0 bridgehead atoms. The smallest absolute Gasteiger partial charge is 0.0631 e. The molecule has 0 spiro atoms. The molecule has 0 saturated carbocycles. The lowest BCUT2D eigenvalue weighted by molar-refractivity contribution is 0.495. The van der Waals surface area contributed by atoms with Gasteiger partial charge in [-0.25, -0.2) is 0 Å². The van der Waals surface area contributed by atoms with Crippen molar-refractivity contribution < 1.29 is 0 Å². The Hall–Kier alpha value is -1.80. The Labute approximate surface area is 84.4 Å². The Balaban J connectivity index is 3.02. The summed E-state index contributed by atoms with van der Waals surface area (Å²) in [6.45, 7) is 1.95. The van der Waals surface area contributed by atoms with E-state index in [2.05, 4.69) is 12.1 Å². The Bertz CT molecular complexity index is 352. The Morgan fingerprint density at radius 3 is 2.00 bits per heavy atom. The fourth-order valence-corrected chi connectivity index (χ4v) is 1.46. The van der Waals surface area contributed by atoms with Gasteiger partial charge in [-0.3, -0.25) is 0 Å². The number of nitriles is 2. The largest absolute Gasteiger partial charge is 0.198 e. The topological polar surface area (TPSA) is 47.6 Å². The number of hydrogen-bond acceptors (Lipinski definition) is 2. The molecule has 70 valence electrons. The van der Waals surface area contributed by atoms with E-state index in [1.807, 2.05) is 37.3 Å². The molecule has 0 aliphatic heterocycles. The van der Waals surface area contributed by atoms with Crippen molar-refractivity contribution in [2.24, 2.45) is 0 Å². The van der Waals surface area contributed by atoms with Gasteiger partial charge in [0.2, 0.25) is 0 Å². The minimum absolute atomic E-state index is 0.329. The first kappa shape index (κ1) is 10.3. The summed E-state index contributed by atoms with van der Waals surface area (Å²) >= 11 is 0. The lowest BCUT2D eigenvalue weighted by atomic mass is 9.78. The van der Waals surface area contributed by atoms with Gasteiger partial charge in [-0.2, -0.15) is 10.5 Å². The third kappa shape index (κ3) is 2.12. The van der Waals surface area contributed by atoms with E-state index in [1.165, 1.54) is 0 Å². The van der Waals surface area contributed by atoms with E-state index in [9.17, 15) is 0 Å². The van der Waals surface area contributed by atoms with Gasteiger partial charge in [-0.05, 0) is 5.56 Å². The average Bonchev–Trinajstić information content (AvgIpc) is 2.20. The maximum absolute atomic E-state index is 8.73. The summed E-state index contributed by atoms with van der Waals surface area (Å²) in [5, 5.41) is 17.5. The lowest BCUT2D eigenvalue weighted by Crippen LogP contribution is -2.20. The minimum atomic E-state index is -0.329. The molecule has 0 fully saturated rings. The predicted octanol–water partition coefficient (Wildman–Crippen LogP) is 2.77. The molecule has 2 nitrogen and oxygen atoms in total. The molecule has 1 rings (SSSR count). The molecule has 0 heterocycles. The Morgan fingerprint density at radius 2 is 1.57 bits per heavy atom. The van der Waals surface area contributed by atoms with Crippen molar-refractivity contribution in [3.05, 3.63) is 35.9 Å². The van der Waals surface area contributed by atoms with Crippen LogP contribution in [0.2, 0.25) is 0 Å². The fourth-order valence-electron chi connectivity index (χ4n) is 1.46. The highest BCUT2D eigenvalue weighted by Gasteiger charge is 2.25. The molecule has 0 radical (unpaired) electrons. The van der Waals surface area contributed by atoms with E-state index in [0.717, 1.165) is 5.56 Å². The maximum atomic E-state index is 8.73. The number of rotatable bonds is 3. The van der Waals surface area contributed by atoms with Gasteiger partial charge in [0.25, 0.3) is 0 Å². The van der Waals surface area contributed by atoms with Crippen LogP contribution in [0.25, 0.3) is 0 Å². The van der Waals surface area contributed by atoms with Crippen LogP contribution >= 0.6 is 0 Å². The SMILES string of the molecule is CC(CC#N)(CC#N)c1ccccc1. The van der Waals surface area contributed by atoms with Crippen LogP contribution in [-0.4, -0.2) is 0 Å². The molecule has 1 aromatic carbocycles. The third-order valence-corrected chi connectivity index (χ3v) is 2.41. The Kier molecular flexibility index (Phi) is 3.26. The first-order chi connectivity index (χ1) is 6.73. The van der Waals surface area contributed by atoms with Crippen LogP contribution in [0.5, 0.6) is 0 Å². The monoisotopic (exact) mass is 184 g/mol. The molecule has 14 heavy (non-hydrogen) atoms. The summed E-state index contributed by atoms with van der Waals surface area (Å²) in [7, 11) is 0. The van der Waals surface area contributed by atoms with Crippen molar-refractivity contribution in [2.45, 2.75) is 25.2 Å². The summed E-state index contributed by atoms with van der Waals surface area (Å²) in [6, 6.07) is 14.0. The second kappa shape index (κ2) is 4.44. The van der Waals surface area contributed by atoms with Crippen molar-refractivity contribution in [3.8, 4) is 12.1 Å². The minimum Gasteiger partial charge on any atom is -0.198 e. The van der Waals surface area contributed by atoms with Crippen LogP contribution in [0.3, 0.4) is 0 Å². The standard InChI is InChI=1S/C12H12N2/c1-12(7-9-13,8-10-14)11-5-3-2-4-6-11/h2-6H,7-8H2,1H3. The van der Waals surface area contributed by atoms with Crippen molar-refractivity contribution in [3.63, 3.8) is 0 Å². The highest BCUT2D eigenvalue weighted by atomic mass is 14.3. The first-order valence-corrected chi connectivity index (χ1v) is 4.52. The molecule has 0 atom stereocenters.